The molecule has 0 radical (unpaired) electrons. The van der Waals surface area contributed by atoms with Crippen LogP contribution >= 0.6 is 24.8 Å². The van der Waals surface area contributed by atoms with Gasteiger partial charge in [-0.2, -0.15) is 0 Å². The fourth-order valence-corrected chi connectivity index (χ4v) is 2.80. The van der Waals surface area contributed by atoms with E-state index < -0.39 is 0 Å². The highest BCUT2D eigenvalue weighted by Gasteiger charge is 2.36. The SMILES string of the molecule is Cl.Cl.c1ccc([C@@H](C2CC2)N2CCNCC2)cc1. The molecule has 3 rings (SSSR count). The zero-order valence-corrected chi connectivity index (χ0v) is 12.2. The molecule has 1 heterocycles. The van der Waals surface area contributed by atoms with Crippen LogP contribution in [-0.2, 0) is 0 Å². The number of hydrogen-bond acceptors (Lipinski definition) is 2. The molecule has 1 aromatic rings. The smallest absolute Gasteiger partial charge is 0.0377 e. The summed E-state index contributed by atoms with van der Waals surface area (Å²) in [5.41, 5.74) is 1.52. The van der Waals surface area contributed by atoms with Gasteiger partial charge in [0.25, 0.3) is 0 Å². The topological polar surface area (TPSA) is 15.3 Å². The monoisotopic (exact) mass is 288 g/mol. The van der Waals surface area contributed by atoms with Crippen molar-refractivity contribution in [3.8, 4) is 0 Å². The molecule has 1 saturated heterocycles. The highest BCUT2D eigenvalue weighted by Crippen LogP contribution is 2.44. The summed E-state index contributed by atoms with van der Waals surface area (Å²) in [6.07, 6.45) is 2.84. The molecule has 2 fully saturated rings. The van der Waals surface area contributed by atoms with E-state index in [-0.39, 0.29) is 24.8 Å². The Hall–Kier alpha value is -0.280. The molecule has 0 spiro atoms. The summed E-state index contributed by atoms with van der Waals surface area (Å²) in [7, 11) is 0. The van der Waals surface area contributed by atoms with Gasteiger partial charge in [-0.15, -0.1) is 24.8 Å². The van der Waals surface area contributed by atoms with Crippen LogP contribution in [0, 0.1) is 5.92 Å². The van der Waals surface area contributed by atoms with Crippen molar-refractivity contribution >= 4 is 24.8 Å². The lowest BCUT2D eigenvalue weighted by molar-refractivity contribution is 0.156. The number of piperazine rings is 1. The largest absolute Gasteiger partial charge is 0.314 e. The molecule has 4 heteroatoms. The Labute approximate surface area is 122 Å². The minimum atomic E-state index is 0. The van der Waals surface area contributed by atoms with E-state index in [0.717, 1.165) is 19.0 Å². The number of nitrogens with one attached hydrogen (secondary N) is 1. The summed E-state index contributed by atoms with van der Waals surface area (Å²) in [6, 6.07) is 11.7. The first-order chi connectivity index (χ1) is 7.95. The van der Waals surface area contributed by atoms with Crippen LogP contribution in [0.2, 0.25) is 0 Å². The molecular formula is C14H22Cl2N2. The van der Waals surface area contributed by atoms with Crippen molar-refractivity contribution in [1.29, 1.82) is 0 Å². The van der Waals surface area contributed by atoms with Crippen molar-refractivity contribution in [3.63, 3.8) is 0 Å². The first-order valence-electron chi connectivity index (χ1n) is 6.45. The molecule has 2 nitrogen and oxygen atoms in total. The molecule has 1 N–H and O–H groups in total. The average molecular weight is 289 g/mol. The summed E-state index contributed by atoms with van der Waals surface area (Å²) < 4.78 is 0. The maximum Gasteiger partial charge on any atom is 0.0377 e. The Bertz CT molecular complexity index is 335. The maximum absolute atomic E-state index is 3.44. The van der Waals surface area contributed by atoms with E-state index in [4.69, 9.17) is 0 Å². The van der Waals surface area contributed by atoms with Gasteiger partial charge in [-0.1, -0.05) is 30.3 Å². The highest BCUT2D eigenvalue weighted by atomic mass is 35.5. The number of halogens is 2. The summed E-state index contributed by atoms with van der Waals surface area (Å²) in [4.78, 5) is 2.67. The third-order valence-electron chi connectivity index (χ3n) is 3.75. The standard InChI is InChI=1S/C14H20N2.2ClH/c1-2-4-12(5-3-1)14(13-6-7-13)16-10-8-15-9-11-16;;/h1-5,13-15H,6-11H2;2*1H/t14-;;/m0../s1. The molecule has 1 aliphatic carbocycles. The summed E-state index contributed by atoms with van der Waals surface area (Å²) >= 11 is 0. The predicted octanol–water partition coefficient (Wildman–Crippen LogP) is 2.89. The third kappa shape index (κ3) is 3.61. The van der Waals surface area contributed by atoms with Crippen molar-refractivity contribution < 1.29 is 0 Å². The van der Waals surface area contributed by atoms with Crippen molar-refractivity contribution in [1.82, 2.24) is 10.2 Å². The van der Waals surface area contributed by atoms with E-state index in [1.165, 1.54) is 31.5 Å². The van der Waals surface area contributed by atoms with E-state index in [9.17, 15) is 0 Å². The molecule has 0 amide bonds. The molecule has 2 aliphatic rings. The van der Waals surface area contributed by atoms with Crippen LogP contribution in [0.3, 0.4) is 0 Å². The van der Waals surface area contributed by atoms with Crippen LogP contribution in [0.1, 0.15) is 24.4 Å². The average Bonchev–Trinajstić information content (AvgIpc) is 3.17. The van der Waals surface area contributed by atoms with E-state index in [1.807, 2.05) is 0 Å². The molecule has 1 saturated carbocycles. The lowest BCUT2D eigenvalue weighted by atomic mass is 10.00. The minimum Gasteiger partial charge on any atom is -0.314 e. The lowest BCUT2D eigenvalue weighted by Gasteiger charge is -2.35. The van der Waals surface area contributed by atoms with Crippen LogP contribution in [0.25, 0.3) is 0 Å². The summed E-state index contributed by atoms with van der Waals surface area (Å²) in [6.45, 7) is 4.71. The Kier molecular flexibility index (Phi) is 6.44. The summed E-state index contributed by atoms with van der Waals surface area (Å²) in [5.74, 6) is 0.917. The first-order valence-corrected chi connectivity index (χ1v) is 6.45. The Morgan fingerprint density at radius 2 is 1.61 bits per heavy atom. The maximum atomic E-state index is 3.44. The highest BCUT2D eigenvalue weighted by molar-refractivity contribution is 5.85. The Balaban J connectivity index is 0.000000810. The second kappa shape index (κ2) is 7.34. The van der Waals surface area contributed by atoms with Crippen LogP contribution < -0.4 is 5.32 Å². The van der Waals surface area contributed by atoms with E-state index in [0.29, 0.717) is 6.04 Å². The quantitative estimate of drug-likeness (QED) is 0.920. The van der Waals surface area contributed by atoms with Crippen molar-refractivity contribution in [2.75, 3.05) is 26.2 Å². The van der Waals surface area contributed by atoms with Gasteiger partial charge < -0.3 is 5.32 Å². The molecule has 1 atom stereocenters. The van der Waals surface area contributed by atoms with E-state index in [2.05, 4.69) is 40.5 Å². The van der Waals surface area contributed by atoms with Gasteiger partial charge in [-0.25, -0.2) is 0 Å². The molecule has 1 aromatic carbocycles. The van der Waals surface area contributed by atoms with Gasteiger partial charge >= 0.3 is 0 Å². The normalized spacial score (nSPS) is 21.6. The van der Waals surface area contributed by atoms with Crippen molar-refractivity contribution in [2.45, 2.75) is 18.9 Å². The van der Waals surface area contributed by atoms with Gasteiger partial charge in [0.1, 0.15) is 0 Å². The number of benzene rings is 1. The zero-order valence-electron chi connectivity index (χ0n) is 10.5. The van der Waals surface area contributed by atoms with Gasteiger partial charge in [0.2, 0.25) is 0 Å². The van der Waals surface area contributed by atoms with Gasteiger partial charge in [0.05, 0.1) is 0 Å². The van der Waals surface area contributed by atoms with Crippen molar-refractivity contribution in [3.05, 3.63) is 35.9 Å². The van der Waals surface area contributed by atoms with Gasteiger partial charge in [0.15, 0.2) is 0 Å². The molecule has 1 aliphatic heterocycles. The summed E-state index contributed by atoms with van der Waals surface area (Å²) in [5, 5.41) is 3.44. The number of nitrogens with zero attached hydrogens (tertiary/aromatic N) is 1. The third-order valence-corrected chi connectivity index (χ3v) is 3.75. The molecule has 102 valence electrons. The minimum absolute atomic E-state index is 0. The first kappa shape index (κ1) is 15.8. The molecule has 18 heavy (non-hydrogen) atoms. The van der Waals surface area contributed by atoms with E-state index in [1.54, 1.807) is 0 Å². The van der Waals surface area contributed by atoms with Crippen LogP contribution in [0.5, 0.6) is 0 Å². The second-order valence-electron chi connectivity index (χ2n) is 4.98. The fraction of sp³-hybridized carbons (Fsp3) is 0.571. The Morgan fingerprint density at radius 3 is 2.17 bits per heavy atom. The van der Waals surface area contributed by atoms with Crippen LogP contribution in [0.15, 0.2) is 30.3 Å². The van der Waals surface area contributed by atoms with Crippen LogP contribution in [-0.4, -0.2) is 31.1 Å². The molecule has 0 bridgehead atoms. The van der Waals surface area contributed by atoms with Crippen LogP contribution in [0.4, 0.5) is 0 Å². The van der Waals surface area contributed by atoms with E-state index >= 15 is 0 Å². The molecule has 0 unspecified atom stereocenters. The number of rotatable bonds is 3. The van der Waals surface area contributed by atoms with Gasteiger partial charge in [-0.3, -0.25) is 4.90 Å². The van der Waals surface area contributed by atoms with Gasteiger partial charge in [-0.05, 0) is 24.3 Å². The fourth-order valence-electron chi connectivity index (χ4n) is 2.80. The lowest BCUT2D eigenvalue weighted by Crippen LogP contribution is -2.45. The molecule has 0 aromatic heterocycles. The predicted molar refractivity (Wildman–Crippen MR) is 80.8 cm³/mol. The molecular weight excluding hydrogens is 267 g/mol. The van der Waals surface area contributed by atoms with Gasteiger partial charge in [0, 0.05) is 32.2 Å². The second-order valence-corrected chi connectivity index (χ2v) is 4.98. The zero-order chi connectivity index (χ0) is 10.8. The number of hydrogen-bond donors (Lipinski definition) is 1. The Morgan fingerprint density at radius 1 is 1.00 bits per heavy atom. The van der Waals surface area contributed by atoms with Crippen molar-refractivity contribution in [2.24, 2.45) is 5.92 Å².